The van der Waals surface area contributed by atoms with Crippen LogP contribution in [0.15, 0.2) is 24.3 Å². The second-order valence-corrected chi connectivity index (χ2v) is 8.82. The number of alkyl halides is 1. The van der Waals surface area contributed by atoms with Gasteiger partial charge < -0.3 is 9.84 Å². The minimum absolute atomic E-state index is 0.00915. The van der Waals surface area contributed by atoms with Crippen LogP contribution in [0.2, 0.25) is 0 Å². The Bertz CT molecular complexity index is 754. The number of ether oxygens (including phenoxy) is 1. The van der Waals surface area contributed by atoms with Crippen molar-refractivity contribution in [1.29, 1.82) is 0 Å². The van der Waals surface area contributed by atoms with E-state index in [0.717, 1.165) is 17.7 Å². The molecule has 2 unspecified atom stereocenters. The van der Waals surface area contributed by atoms with Crippen molar-refractivity contribution in [2.24, 2.45) is 11.8 Å². The third-order valence-corrected chi connectivity index (χ3v) is 5.71. The summed E-state index contributed by atoms with van der Waals surface area (Å²) in [6, 6.07) is 5.84. The predicted molar refractivity (Wildman–Crippen MR) is 99.1 cm³/mol. The standard InChI is InChI=1S/C21H28FNO4/c1-12(2)17-20(3,4)27-19(26)23(17)18(25)21(5,22)16(13-9-10-13)14-7-6-8-15(24)11-14/h6-8,11-13,16-17,24H,9-10H2,1-5H3/t16-,17?,21?/m0/s1. The Morgan fingerprint density at radius 1 is 1.37 bits per heavy atom. The van der Waals surface area contributed by atoms with Gasteiger partial charge in [0.25, 0.3) is 5.91 Å². The lowest BCUT2D eigenvalue weighted by Gasteiger charge is -2.36. The maximum atomic E-state index is 16.1. The fourth-order valence-electron chi connectivity index (χ4n) is 4.61. The van der Waals surface area contributed by atoms with Crippen LogP contribution in [-0.2, 0) is 9.53 Å². The smallest absolute Gasteiger partial charge is 0.417 e. The summed E-state index contributed by atoms with van der Waals surface area (Å²) in [4.78, 5) is 26.7. The molecule has 148 valence electrons. The molecule has 1 aliphatic heterocycles. The molecule has 1 heterocycles. The Balaban J connectivity index is 1.99. The van der Waals surface area contributed by atoms with E-state index in [1.54, 1.807) is 26.0 Å². The minimum atomic E-state index is -2.29. The van der Waals surface area contributed by atoms with E-state index in [2.05, 4.69) is 0 Å². The zero-order valence-corrected chi connectivity index (χ0v) is 16.5. The number of aromatic hydroxyl groups is 1. The summed E-state index contributed by atoms with van der Waals surface area (Å²) in [5.41, 5.74) is -2.60. The molecule has 1 saturated carbocycles. The zero-order valence-electron chi connectivity index (χ0n) is 16.5. The van der Waals surface area contributed by atoms with E-state index in [4.69, 9.17) is 4.74 Å². The molecule has 0 bridgehead atoms. The summed E-state index contributed by atoms with van der Waals surface area (Å²) in [6.07, 6.45) is 0.839. The number of phenolic OH excluding ortho intramolecular Hbond substituents is 1. The van der Waals surface area contributed by atoms with Gasteiger partial charge in [0.2, 0.25) is 0 Å². The van der Waals surface area contributed by atoms with Crippen molar-refractivity contribution in [3.8, 4) is 5.75 Å². The summed E-state index contributed by atoms with van der Waals surface area (Å²) >= 11 is 0. The lowest BCUT2D eigenvalue weighted by atomic mass is 9.79. The molecule has 1 aliphatic carbocycles. The maximum absolute atomic E-state index is 16.1. The molecule has 1 aromatic rings. The second-order valence-electron chi connectivity index (χ2n) is 8.82. The van der Waals surface area contributed by atoms with Gasteiger partial charge in [0.05, 0.1) is 6.04 Å². The molecule has 0 spiro atoms. The Hall–Kier alpha value is -2.11. The van der Waals surface area contributed by atoms with Crippen LogP contribution in [0.25, 0.3) is 0 Å². The third-order valence-electron chi connectivity index (χ3n) is 5.71. The first kappa shape index (κ1) is 19.6. The first-order valence-corrected chi connectivity index (χ1v) is 9.51. The molecule has 1 saturated heterocycles. The van der Waals surface area contributed by atoms with E-state index in [1.807, 2.05) is 13.8 Å². The highest BCUT2D eigenvalue weighted by Crippen LogP contribution is 2.51. The molecule has 2 aliphatic rings. The summed E-state index contributed by atoms with van der Waals surface area (Å²) in [7, 11) is 0. The quantitative estimate of drug-likeness (QED) is 0.826. The van der Waals surface area contributed by atoms with Crippen molar-refractivity contribution in [3.05, 3.63) is 29.8 Å². The van der Waals surface area contributed by atoms with Crippen molar-refractivity contribution < 1.29 is 23.8 Å². The third kappa shape index (κ3) is 3.42. The van der Waals surface area contributed by atoms with Gasteiger partial charge in [-0.15, -0.1) is 0 Å². The van der Waals surface area contributed by atoms with Crippen molar-refractivity contribution in [2.75, 3.05) is 0 Å². The van der Waals surface area contributed by atoms with Crippen LogP contribution >= 0.6 is 0 Å². The zero-order chi connectivity index (χ0) is 20.1. The van der Waals surface area contributed by atoms with Crippen LogP contribution in [0.4, 0.5) is 9.18 Å². The SMILES string of the molecule is CC(C)C1N(C(=O)C(C)(F)[C@H](c2cccc(O)c2)C2CC2)C(=O)OC1(C)C. The van der Waals surface area contributed by atoms with E-state index in [9.17, 15) is 14.7 Å². The Morgan fingerprint density at radius 3 is 2.52 bits per heavy atom. The largest absolute Gasteiger partial charge is 0.508 e. The number of carbonyl (C=O) groups is 2. The Morgan fingerprint density at radius 2 is 2.00 bits per heavy atom. The number of benzene rings is 1. The summed E-state index contributed by atoms with van der Waals surface area (Å²) in [6.45, 7) is 8.51. The molecular formula is C21H28FNO4. The number of halogens is 1. The summed E-state index contributed by atoms with van der Waals surface area (Å²) in [5.74, 6) is -1.62. The molecule has 5 nitrogen and oxygen atoms in total. The number of hydrogen-bond acceptors (Lipinski definition) is 4. The van der Waals surface area contributed by atoms with Crippen molar-refractivity contribution in [3.63, 3.8) is 0 Å². The highest BCUT2D eigenvalue weighted by molar-refractivity contribution is 5.99. The van der Waals surface area contributed by atoms with Gasteiger partial charge in [-0.3, -0.25) is 4.79 Å². The van der Waals surface area contributed by atoms with Gasteiger partial charge >= 0.3 is 6.09 Å². The fraction of sp³-hybridized carbons (Fsp3) is 0.619. The molecule has 27 heavy (non-hydrogen) atoms. The number of hydrogen-bond donors (Lipinski definition) is 1. The van der Waals surface area contributed by atoms with Gasteiger partial charge in [-0.25, -0.2) is 14.1 Å². The van der Waals surface area contributed by atoms with Crippen molar-refractivity contribution in [1.82, 2.24) is 4.90 Å². The first-order chi connectivity index (χ1) is 12.5. The lowest BCUT2D eigenvalue weighted by Crippen LogP contribution is -2.55. The van der Waals surface area contributed by atoms with Crippen molar-refractivity contribution >= 4 is 12.0 Å². The fourth-order valence-corrected chi connectivity index (χ4v) is 4.61. The van der Waals surface area contributed by atoms with Gasteiger partial charge in [-0.2, -0.15) is 0 Å². The molecule has 2 fully saturated rings. The topological polar surface area (TPSA) is 66.8 Å². The molecule has 1 aromatic carbocycles. The van der Waals surface area contributed by atoms with Gasteiger partial charge in [-0.05, 0) is 63.1 Å². The van der Waals surface area contributed by atoms with E-state index >= 15 is 4.39 Å². The van der Waals surface area contributed by atoms with E-state index in [1.165, 1.54) is 19.1 Å². The van der Waals surface area contributed by atoms with Gasteiger partial charge in [0, 0.05) is 5.92 Å². The molecule has 2 amide bonds. The van der Waals surface area contributed by atoms with Crippen LogP contribution < -0.4 is 0 Å². The van der Waals surface area contributed by atoms with E-state index in [-0.39, 0.29) is 17.6 Å². The van der Waals surface area contributed by atoms with E-state index in [0.29, 0.717) is 5.56 Å². The molecule has 0 aromatic heterocycles. The first-order valence-electron chi connectivity index (χ1n) is 9.51. The van der Waals surface area contributed by atoms with Gasteiger partial charge in [0.1, 0.15) is 11.4 Å². The Labute approximate surface area is 159 Å². The molecule has 3 atom stereocenters. The van der Waals surface area contributed by atoms with E-state index < -0.39 is 35.2 Å². The number of phenols is 1. The monoisotopic (exact) mass is 377 g/mol. The van der Waals surface area contributed by atoms with Crippen LogP contribution in [0.1, 0.15) is 58.9 Å². The van der Waals surface area contributed by atoms with Crippen molar-refractivity contribution in [2.45, 2.75) is 70.7 Å². The molecule has 0 radical (unpaired) electrons. The second kappa shape index (κ2) is 6.50. The molecular weight excluding hydrogens is 349 g/mol. The average molecular weight is 377 g/mol. The number of nitrogens with zero attached hydrogens (tertiary/aromatic N) is 1. The Kier molecular flexibility index (Phi) is 4.73. The molecule has 6 heteroatoms. The van der Waals surface area contributed by atoms with Crippen LogP contribution in [0.3, 0.4) is 0 Å². The van der Waals surface area contributed by atoms with Gasteiger partial charge in [0.15, 0.2) is 5.67 Å². The maximum Gasteiger partial charge on any atom is 0.417 e. The normalized spacial score (nSPS) is 25.2. The number of cyclic esters (lactones) is 1. The molecule has 3 rings (SSSR count). The number of carbonyl (C=O) groups excluding carboxylic acids is 2. The highest BCUT2D eigenvalue weighted by atomic mass is 19.1. The highest BCUT2D eigenvalue weighted by Gasteiger charge is 2.59. The minimum Gasteiger partial charge on any atom is -0.508 e. The van der Waals surface area contributed by atoms with Crippen LogP contribution in [0.5, 0.6) is 5.75 Å². The number of imide groups is 1. The average Bonchev–Trinajstić information content (AvgIpc) is 3.31. The lowest BCUT2D eigenvalue weighted by molar-refractivity contribution is -0.144. The van der Waals surface area contributed by atoms with Crippen LogP contribution in [-0.4, -0.2) is 39.3 Å². The predicted octanol–water partition coefficient (Wildman–Crippen LogP) is 4.40. The van der Waals surface area contributed by atoms with Crippen LogP contribution in [0, 0.1) is 11.8 Å². The number of rotatable bonds is 5. The number of amides is 2. The molecule has 1 N–H and O–H groups in total. The summed E-state index contributed by atoms with van der Waals surface area (Å²) in [5, 5.41) is 9.81. The van der Waals surface area contributed by atoms with Gasteiger partial charge in [-0.1, -0.05) is 26.0 Å². The summed E-state index contributed by atoms with van der Waals surface area (Å²) < 4.78 is 21.5.